The van der Waals surface area contributed by atoms with Crippen molar-refractivity contribution in [2.24, 2.45) is 0 Å². The summed E-state index contributed by atoms with van der Waals surface area (Å²) in [4.78, 5) is 22.4. The molecule has 1 rings (SSSR count). The van der Waals surface area contributed by atoms with Crippen molar-refractivity contribution in [3.05, 3.63) is 47.5 Å². The molecule has 0 unspecified atom stereocenters. The van der Waals surface area contributed by atoms with Gasteiger partial charge in [-0.3, -0.25) is 9.59 Å². The van der Waals surface area contributed by atoms with E-state index in [1.165, 1.54) is 0 Å². The first-order valence-electron chi connectivity index (χ1n) is 8.92. The zero-order valence-corrected chi connectivity index (χ0v) is 15.9. The van der Waals surface area contributed by atoms with E-state index in [0.717, 1.165) is 11.9 Å². The van der Waals surface area contributed by atoms with Crippen molar-refractivity contribution in [2.45, 2.75) is 6.92 Å². The fourth-order valence-electron chi connectivity index (χ4n) is 1.96. The molecule has 0 aromatic heterocycles. The molecule has 1 aromatic rings. The van der Waals surface area contributed by atoms with Crippen molar-refractivity contribution < 1.29 is 28.5 Å². The van der Waals surface area contributed by atoms with E-state index in [4.69, 9.17) is 18.9 Å². The first-order valence-corrected chi connectivity index (χ1v) is 8.92. The molecule has 7 heteroatoms. The summed E-state index contributed by atoms with van der Waals surface area (Å²) in [5, 5.41) is 2.75. The molecule has 0 atom stereocenters. The first-order chi connectivity index (χ1) is 13.1. The van der Waals surface area contributed by atoms with Crippen LogP contribution in [-0.4, -0.2) is 71.6 Å². The molecule has 0 aliphatic heterocycles. The van der Waals surface area contributed by atoms with Gasteiger partial charge in [-0.05, 0) is 19.1 Å². The van der Waals surface area contributed by atoms with Gasteiger partial charge in [0.25, 0.3) is 5.91 Å². The maximum absolute atomic E-state index is 11.9. The highest BCUT2D eigenvalue weighted by Crippen LogP contribution is 2.02. The van der Waals surface area contributed by atoms with Crippen LogP contribution in [0.15, 0.2) is 36.4 Å². The molecule has 1 N–H and O–H groups in total. The molecule has 1 aromatic carbocycles. The van der Waals surface area contributed by atoms with E-state index in [-0.39, 0.29) is 5.91 Å². The molecule has 27 heavy (non-hydrogen) atoms. The Morgan fingerprint density at radius 2 is 1.44 bits per heavy atom. The number of carbonyl (C=O) groups is 2. The van der Waals surface area contributed by atoms with Gasteiger partial charge in [-0.2, -0.15) is 0 Å². The Morgan fingerprint density at radius 3 is 1.96 bits per heavy atom. The molecular weight excluding hydrogens is 350 g/mol. The highest BCUT2D eigenvalue weighted by Gasteiger charge is 2.04. The number of benzene rings is 1. The minimum atomic E-state index is -0.198. The molecule has 1 amide bonds. The summed E-state index contributed by atoms with van der Waals surface area (Å²) in [6.07, 6.45) is 0.739. The lowest BCUT2D eigenvalue weighted by molar-refractivity contribution is 0.000844. The predicted molar refractivity (Wildman–Crippen MR) is 102 cm³/mol. The van der Waals surface area contributed by atoms with Gasteiger partial charge in [0, 0.05) is 17.7 Å². The molecule has 0 heterocycles. The van der Waals surface area contributed by atoms with Crippen LogP contribution < -0.4 is 5.32 Å². The lowest BCUT2D eigenvalue weighted by atomic mass is 10.1. The first kappa shape index (κ1) is 23.0. The number of ether oxygens (including phenoxy) is 4. The summed E-state index contributed by atoms with van der Waals surface area (Å²) in [5.74, 6) is -0.198. The second-order valence-electron chi connectivity index (χ2n) is 5.84. The third-order valence-corrected chi connectivity index (χ3v) is 3.31. The van der Waals surface area contributed by atoms with Crippen LogP contribution in [0.1, 0.15) is 27.6 Å². The van der Waals surface area contributed by atoms with Crippen molar-refractivity contribution >= 4 is 12.2 Å². The van der Waals surface area contributed by atoms with Gasteiger partial charge >= 0.3 is 0 Å². The highest BCUT2D eigenvalue weighted by molar-refractivity contribution is 5.94. The third kappa shape index (κ3) is 12.0. The molecule has 0 spiro atoms. The van der Waals surface area contributed by atoms with Crippen LogP contribution in [0.25, 0.3) is 0 Å². The maximum Gasteiger partial charge on any atom is 0.251 e. The normalized spacial score (nSPS) is 10.6. The van der Waals surface area contributed by atoms with Crippen LogP contribution in [0.5, 0.6) is 0 Å². The second kappa shape index (κ2) is 15.0. The van der Waals surface area contributed by atoms with E-state index in [2.05, 4.69) is 11.9 Å². The van der Waals surface area contributed by atoms with Gasteiger partial charge in [-0.1, -0.05) is 24.3 Å². The zero-order chi connectivity index (χ0) is 19.7. The third-order valence-electron chi connectivity index (χ3n) is 3.31. The number of amides is 1. The number of aldehydes is 1. The number of carbonyl (C=O) groups excluding carboxylic acids is 2. The van der Waals surface area contributed by atoms with Crippen LogP contribution in [0, 0.1) is 0 Å². The molecule has 0 saturated carbocycles. The lowest BCUT2D eigenvalue weighted by Crippen LogP contribution is -2.27. The number of rotatable bonds is 16. The van der Waals surface area contributed by atoms with Crippen LogP contribution in [-0.2, 0) is 18.9 Å². The van der Waals surface area contributed by atoms with E-state index >= 15 is 0 Å². The van der Waals surface area contributed by atoms with Gasteiger partial charge in [0.05, 0.1) is 52.9 Å². The average Bonchev–Trinajstić information content (AvgIpc) is 2.67. The van der Waals surface area contributed by atoms with Crippen LogP contribution in [0.4, 0.5) is 0 Å². The summed E-state index contributed by atoms with van der Waals surface area (Å²) in [6.45, 7) is 10.0. The Hall–Kier alpha value is -2.06. The Bertz CT molecular complexity index is 558. The molecule has 0 saturated heterocycles. The highest BCUT2D eigenvalue weighted by atomic mass is 16.6. The van der Waals surface area contributed by atoms with E-state index in [9.17, 15) is 9.59 Å². The smallest absolute Gasteiger partial charge is 0.251 e. The van der Waals surface area contributed by atoms with Gasteiger partial charge in [0.1, 0.15) is 6.29 Å². The van der Waals surface area contributed by atoms with E-state index in [1.54, 1.807) is 24.3 Å². The fraction of sp³-hybridized carbons (Fsp3) is 0.500. The molecule has 0 bridgehead atoms. The van der Waals surface area contributed by atoms with E-state index in [1.807, 2.05) is 6.92 Å². The van der Waals surface area contributed by atoms with Gasteiger partial charge in [0.2, 0.25) is 0 Å². The van der Waals surface area contributed by atoms with Gasteiger partial charge < -0.3 is 24.3 Å². The SMILES string of the molecule is C=C(C)COCCOCCOCCOCCNC(=O)c1ccc(C=O)cc1. The number of nitrogens with one attached hydrogen (secondary N) is 1. The van der Waals surface area contributed by atoms with Gasteiger partial charge in [-0.25, -0.2) is 0 Å². The molecule has 150 valence electrons. The Balaban J connectivity index is 1.88. The monoisotopic (exact) mass is 379 g/mol. The van der Waals surface area contributed by atoms with Crippen molar-refractivity contribution in [3.63, 3.8) is 0 Å². The standard InChI is InChI=1S/C20H29NO6/c1-17(2)16-27-14-13-26-12-11-25-10-9-24-8-7-21-20(23)19-5-3-18(15-22)4-6-19/h3-6,15H,1,7-14,16H2,2H3,(H,21,23). The largest absolute Gasteiger partial charge is 0.377 e. The van der Waals surface area contributed by atoms with Gasteiger partial charge in [-0.15, -0.1) is 0 Å². The summed E-state index contributed by atoms with van der Waals surface area (Å²) >= 11 is 0. The minimum Gasteiger partial charge on any atom is -0.377 e. The Kier molecular flexibility index (Phi) is 12.8. The Labute approximate surface area is 160 Å². The molecular formula is C20H29NO6. The van der Waals surface area contributed by atoms with Crippen molar-refractivity contribution in [1.82, 2.24) is 5.32 Å². The summed E-state index contributed by atoms with van der Waals surface area (Å²) in [7, 11) is 0. The Morgan fingerprint density at radius 1 is 0.926 bits per heavy atom. The number of hydrogen-bond acceptors (Lipinski definition) is 6. The van der Waals surface area contributed by atoms with E-state index < -0.39 is 0 Å². The molecule has 0 aliphatic carbocycles. The fourth-order valence-corrected chi connectivity index (χ4v) is 1.96. The van der Waals surface area contributed by atoms with Crippen LogP contribution in [0.2, 0.25) is 0 Å². The predicted octanol–water partition coefficient (Wildman–Crippen LogP) is 1.87. The van der Waals surface area contributed by atoms with Crippen molar-refractivity contribution in [1.29, 1.82) is 0 Å². The minimum absolute atomic E-state index is 0.198. The van der Waals surface area contributed by atoms with Gasteiger partial charge in [0.15, 0.2) is 0 Å². The maximum atomic E-state index is 11.9. The second-order valence-corrected chi connectivity index (χ2v) is 5.84. The zero-order valence-electron chi connectivity index (χ0n) is 15.9. The number of hydrogen-bond donors (Lipinski definition) is 1. The summed E-state index contributed by atoms with van der Waals surface area (Å²) < 4.78 is 21.4. The molecule has 0 aliphatic rings. The van der Waals surface area contributed by atoms with Crippen molar-refractivity contribution in [3.8, 4) is 0 Å². The summed E-state index contributed by atoms with van der Waals surface area (Å²) in [6, 6.07) is 6.44. The quantitative estimate of drug-likeness (QED) is 0.268. The molecule has 0 fully saturated rings. The van der Waals surface area contributed by atoms with Crippen LogP contribution >= 0.6 is 0 Å². The van der Waals surface area contributed by atoms with Crippen molar-refractivity contribution in [2.75, 3.05) is 59.4 Å². The average molecular weight is 379 g/mol. The van der Waals surface area contributed by atoms with E-state index in [0.29, 0.717) is 70.5 Å². The molecule has 0 radical (unpaired) electrons. The lowest BCUT2D eigenvalue weighted by Gasteiger charge is -2.08. The molecule has 7 nitrogen and oxygen atoms in total. The summed E-state index contributed by atoms with van der Waals surface area (Å²) in [5.41, 5.74) is 2.04. The topological polar surface area (TPSA) is 83.1 Å². The van der Waals surface area contributed by atoms with Crippen LogP contribution in [0.3, 0.4) is 0 Å².